The van der Waals surface area contributed by atoms with Gasteiger partial charge in [-0.05, 0) is 69.6 Å². The summed E-state index contributed by atoms with van der Waals surface area (Å²) < 4.78 is 2.05. The zero-order valence-electron chi connectivity index (χ0n) is 25.6. The van der Waals surface area contributed by atoms with Crippen molar-refractivity contribution in [2.45, 2.75) is 77.4 Å². The Bertz CT molecular complexity index is 1620. The lowest BCUT2D eigenvalue weighted by molar-refractivity contribution is 0.0866. The number of fused-ring (bicyclic) bond motifs is 1. The molecule has 1 atom stereocenters. The maximum atomic E-state index is 9.93. The molecule has 0 amide bonds. The zero-order chi connectivity index (χ0) is 30.2. The zero-order valence-corrected chi connectivity index (χ0v) is 26.3. The van der Waals surface area contributed by atoms with Gasteiger partial charge in [0.05, 0.1) is 40.1 Å². The molecule has 2 N–H and O–H groups in total. The first kappa shape index (κ1) is 29.4. The minimum Gasteiger partial charge on any atom is -0.383 e. The summed E-state index contributed by atoms with van der Waals surface area (Å²) in [4.78, 5) is 7.09. The molecule has 3 heterocycles. The second-order valence-electron chi connectivity index (χ2n) is 13.5. The average Bonchev–Trinajstić information content (AvgIpc) is 3.48. The number of hydrogen-bond acceptors (Lipinski definition) is 7. The van der Waals surface area contributed by atoms with Crippen LogP contribution in [0.2, 0.25) is 5.02 Å². The molecule has 4 aromatic rings. The van der Waals surface area contributed by atoms with E-state index < -0.39 is 0 Å². The van der Waals surface area contributed by atoms with Crippen LogP contribution in [-0.4, -0.2) is 50.1 Å². The highest BCUT2D eigenvalue weighted by Gasteiger charge is 2.32. The number of nitriles is 1. The van der Waals surface area contributed by atoms with Gasteiger partial charge in [0.2, 0.25) is 0 Å². The molecule has 6 rings (SSSR count). The molecule has 1 aliphatic heterocycles. The van der Waals surface area contributed by atoms with Crippen LogP contribution in [0.25, 0.3) is 10.9 Å². The summed E-state index contributed by atoms with van der Waals surface area (Å²) >= 11 is 6.83. The van der Waals surface area contributed by atoms with Gasteiger partial charge in [0.1, 0.15) is 11.8 Å². The number of pyridine rings is 1. The summed E-state index contributed by atoms with van der Waals surface area (Å²) in [5.74, 6) is 0. The lowest BCUT2D eigenvalue weighted by Crippen LogP contribution is -2.46. The highest BCUT2D eigenvalue weighted by atomic mass is 35.5. The quantitative estimate of drug-likeness (QED) is 0.216. The number of likely N-dealkylation sites (tertiary alicyclic amines) is 1. The normalized spacial score (nSPS) is 18.1. The molecule has 0 spiro atoms. The summed E-state index contributed by atoms with van der Waals surface area (Å²) in [6.45, 7) is 12.0. The lowest BCUT2D eigenvalue weighted by Gasteiger charge is -2.40. The van der Waals surface area contributed by atoms with E-state index in [-0.39, 0.29) is 17.0 Å². The predicted octanol–water partition coefficient (Wildman–Crippen LogP) is 7.59. The number of anilines is 2. The van der Waals surface area contributed by atoms with E-state index >= 15 is 0 Å². The van der Waals surface area contributed by atoms with Crippen molar-refractivity contribution in [3.63, 3.8) is 0 Å². The van der Waals surface area contributed by atoms with Crippen molar-refractivity contribution < 1.29 is 0 Å². The van der Waals surface area contributed by atoms with E-state index in [1.54, 1.807) is 6.20 Å². The Morgan fingerprint density at radius 2 is 1.88 bits per heavy atom. The molecule has 0 unspecified atom stereocenters. The van der Waals surface area contributed by atoms with E-state index in [1.165, 1.54) is 19.3 Å². The highest BCUT2D eigenvalue weighted by Crippen LogP contribution is 2.42. The second-order valence-corrected chi connectivity index (χ2v) is 13.9. The van der Waals surface area contributed by atoms with Crippen LogP contribution in [0.5, 0.6) is 0 Å². The van der Waals surface area contributed by atoms with Gasteiger partial charge in [-0.25, -0.2) is 4.68 Å². The maximum Gasteiger partial charge on any atom is 0.109 e. The van der Waals surface area contributed by atoms with Gasteiger partial charge in [0, 0.05) is 42.4 Å². The first-order valence-electron chi connectivity index (χ1n) is 15.4. The fourth-order valence-corrected chi connectivity index (χ4v) is 6.69. The van der Waals surface area contributed by atoms with Crippen molar-refractivity contribution in [2.75, 3.05) is 30.3 Å². The van der Waals surface area contributed by atoms with Gasteiger partial charge in [0.25, 0.3) is 0 Å². The maximum absolute atomic E-state index is 9.93. The second kappa shape index (κ2) is 11.8. The van der Waals surface area contributed by atoms with E-state index in [2.05, 4.69) is 82.9 Å². The van der Waals surface area contributed by atoms with Crippen LogP contribution < -0.4 is 10.6 Å². The fourth-order valence-electron chi connectivity index (χ4n) is 6.42. The minimum atomic E-state index is -0.240. The molecule has 0 radical (unpaired) electrons. The number of nitrogens with one attached hydrogen (secondary N) is 2. The summed E-state index contributed by atoms with van der Waals surface area (Å²) in [6, 6.07) is 16.7. The van der Waals surface area contributed by atoms with Crippen LogP contribution in [0.3, 0.4) is 0 Å². The first-order valence-corrected chi connectivity index (χ1v) is 15.8. The third-order valence-corrected chi connectivity index (χ3v) is 9.64. The summed E-state index contributed by atoms with van der Waals surface area (Å²) in [5.41, 5.74) is 5.16. The van der Waals surface area contributed by atoms with E-state index in [4.69, 9.17) is 11.6 Å². The van der Waals surface area contributed by atoms with Gasteiger partial charge in [-0.15, -0.1) is 5.10 Å². The smallest absolute Gasteiger partial charge is 0.109 e. The largest absolute Gasteiger partial charge is 0.383 e. The molecule has 2 aromatic carbocycles. The summed E-state index contributed by atoms with van der Waals surface area (Å²) in [7, 11) is 0. The lowest BCUT2D eigenvalue weighted by atomic mass is 9.70. The molecule has 2 aromatic heterocycles. The van der Waals surface area contributed by atoms with E-state index in [0.717, 1.165) is 60.5 Å². The number of halogens is 1. The molecule has 1 aliphatic carbocycles. The summed E-state index contributed by atoms with van der Waals surface area (Å²) in [6.07, 6.45) is 9.43. The van der Waals surface area contributed by atoms with Crippen molar-refractivity contribution in [3.8, 4) is 6.07 Å². The Hall–Kier alpha value is -3.67. The first-order chi connectivity index (χ1) is 20.6. The molecule has 1 saturated heterocycles. The molecule has 8 nitrogen and oxygen atoms in total. The molecule has 9 heteroatoms. The number of benzene rings is 2. The van der Waals surface area contributed by atoms with Crippen LogP contribution in [0.1, 0.15) is 88.7 Å². The minimum absolute atomic E-state index is 0.177. The van der Waals surface area contributed by atoms with Crippen LogP contribution >= 0.6 is 11.6 Å². The van der Waals surface area contributed by atoms with Crippen molar-refractivity contribution in [1.29, 1.82) is 5.26 Å². The van der Waals surface area contributed by atoms with Crippen molar-refractivity contribution >= 4 is 33.9 Å². The van der Waals surface area contributed by atoms with Crippen LogP contribution in [-0.2, 0) is 0 Å². The van der Waals surface area contributed by atoms with Crippen molar-refractivity contribution in [1.82, 2.24) is 24.9 Å². The Kier molecular flexibility index (Phi) is 8.06. The standard InChI is InChI=1S/C34H41ClN8/c1-33(2,3)42-15-11-26(12-16-42)43-21-29(40-41-43)31(23-9-6-5-7-10-23)39-25-17-27-30(38-22-34(4)13-8-14-34)24(19-36)20-37-32(27)28(35)18-25/h5-7,9-10,17-18,20-21,26,31,39H,8,11-16,22H2,1-4H3,(H,37,38)/t31-/m0/s1. The van der Waals surface area contributed by atoms with Crippen LogP contribution in [0.4, 0.5) is 11.4 Å². The van der Waals surface area contributed by atoms with Gasteiger partial charge in [-0.2, -0.15) is 5.26 Å². The molecule has 1 saturated carbocycles. The molecule has 2 aliphatic rings. The summed E-state index contributed by atoms with van der Waals surface area (Å²) in [5, 5.41) is 27.9. The predicted molar refractivity (Wildman–Crippen MR) is 173 cm³/mol. The van der Waals surface area contributed by atoms with Crippen molar-refractivity contribution in [2.24, 2.45) is 5.41 Å². The van der Waals surface area contributed by atoms with Gasteiger partial charge in [0.15, 0.2) is 0 Å². The van der Waals surface area contributed by atoms with Crippen molar-refractivity contribution in [3.05, 3.63) is 76.7 Å². The number of rotatable bonds is 8. The third kappa shape index (κ3) is 6.20. The van der Waals surface area contributed by atoms with E-state index in [0.29, 0.717) is 22.1 Å². The van der Waals surface area contributed by atoms with Gasteiger partial charge < -0.3 is 10.6 Å². The Balaban J connectivity index is 1.31. The Morgan fingerprint density at radius 1 is 1.14 bits per heavy atom. The monoisotopic (exact) mass is 596 g/mol. The van der Waals surface area contributed by atoms with Gasteiger partial charge in [-0.3, -0.25) is 9.88 Å². The average molecular weight is 597 g/mol. The molecular formula is C34H41ClN8. The van der Waals surface area contributed by atoms with Crippen LogP contribution in [0.15, 0.2) is 54.9 Å². The van der Waals surface area contributed by atoms with Gasteiger partial charge >= 0.3 is 0 Å². The molecule has 0 bridgehead atoms. The topological polar surface area (TPSA) is 94.7 Å². The SMILES string of the molecule is CC1(CNc2c(C#N)cnc3c(Cl)cc(N[C@@H](c4ccccc4)c4cn(C5CCN(C(C)(C)C)CC5)nn4)cc23)CCC1. The molecular weight excluding hydrogens is 556 g/mol. The van der Waals surface area contributed by atoms with E-state index in [9.17, 15) is 5.26 Å². The molecule has 2 fully saturated rings. The number of aromatic nitrogens is 4. The highest BCUT2D eigenvalue weighted by molar-refractivity contribution is 6.35. The third-order valence-electron chi connectivity index (χ3n) is 9.35. The van der Waals surface area contributed by atoms with E-state index in [1.807, 2.05) is 35.0 Å². The number of piperidine rings is 1. The number of nitrogens with zero attached hydrogens (tertiary/aromatic N) is 6. The van der Waals surface area contributed by atoms with Crippen LogP contribution in [0, 0.1) is 16.7 Å². The fraction of sp³-hybridized carbons (Fsp3) is 0.471. The molecule has 43 heavy (non-hydrogen) atoms. The van der Waals surface area contributed by atoms with Gasteiger partial charge in [-0.1, -0.05) is 60.5 Å². The Morgan fingerprint density at radius 3 is 2.53 bits per heavy atom. The molecule has 224 valence electrons. The Labute approximate surface area is 259 Å². The number of hydrogen-bond donors (Lipinski definition) is 2.